The summed E-state index contributed by atoms with van der Waals surface area (Å²) in [5.74, 6) is 0. The maximum atomic E-state index is 2.48. The van der Waals surface area contributed by atoms with Crippen LogP contribution in [-0.4, -0.2) is 25.3 Å². The Labute approximate surface area is 71.4 Å². The van der Waals surface area contributed by atoms with Crippen molar-refractivity contribution < 1.29 is 0 Å². The van der Waals surface area contributed by atoms with Crippen LogP contribution in [0.4, 0.5) is 0 Å². The summed E-state index contributed by atoms with van der Waals surface area (Å²) in [6.07, 6.45) is 4.19. The van der Waals surface area contributed by atoms with Gasteiger partial charge in [-0.25, -0.2) is 0 Å². The first-order valence-corrected chi connectivity index (χ1v) is 4.68. The van der Waals surface area contributed by atoms with Crippen LogP contribution in [0, 0.1) is 0 Å². The second kappa shape index (κ2) is 3.62. The Morgan fingerprint density at radius 2 is 1.55 bits per heavy atom. The maximum Gasteiger partial charge on any atom is 0.214 e. The van der Waals surface area contributed by atoms with Gasteiger partial charge in [0.05, 0.1) is 0 Å². The van der Waals surface area contributed by atoms with Crippen molar-refractivity contribution in [3.05, 3.63) is 0 Å². The summed E-state index contributed by atoms with van der Waals surface area (Å²) in [7, 11) is 2.38. The summed E-state index contributed by atoms with van der Waals surface area (Å²) in [5.41, 5.74) is 0. The molecule has 0 aliphatic carbocycles. The molecule has 0 unspecified atom stereocenters. The van der Waals surface area contributed by atoms with Gasteiger partial charge in [-0.05, 0) is 31.2 Å². The van der Waals surface area contributed by atoms with E-state index in [1.807, 2.05) is 0 Å². The summed E-state index contributed by atoms with van der Waals surface area (Å²) in [6.45, 7) is 9.35. The molecule has 1 rings (SSSR count). The summed E-state index contributed by atoms with van der Waals surface area (Å²) >= 11 is 0. The van der Waals surface area contributed by atoms with Gasteiger partial charge in [-0.15, -0.1) is 0 Å². The Bertz CT molecular complexity index is 111. The van der Waals surface area contributed by atoms with Gasteiger partial charge in [-0.1, -0.05) is 27.2 Å². The van der Waals surface area contributed by atoms with Gasteiger partial charge in [-0.2, -0.15) is 0 Å². The highest BCUT2D eigenvalue weighted by molar-refractivity contribution is 6.36. The Balaban J connectivity index is 2.24. The number of hydrogen-bond donors (Lipinski definition) is 0. The molecule has 0 atom stereocenters. The third-order valence-corrected chi connectivity index (χ3v) is 1.96. The van der Waals surface area contributed by atoms with Gasteiger partial charge in [0.1, 0.15) is 0 Å². The summed E-state index contributed by atoms with van der Waals surface area (Å²) in [6, 6.07) is 0. The fourth-order valence-corrected chi connectivity index (χ4v) is 1.60. The summed E-state index contributed by atoms with van der Waals surface area (Å²) < 4.78 is 0. The molecule has 1 aliphatic heterocycles. The Morgan fingerprint density at radius 3 is 2.00 bits per heavy atom. The zero-order chi connectivity index (χ0) is 8.32. The minimum atomic E-state index is 0.358. The van der Waals surface area contributed by atoms with E-state index in [0.717, 1.165) is 0 Å². The number of nitrogens with zero attached hydrogens (tertiary/aromatic N) is 1. The molecule has 1 heterocycles. The molecule has 0 saturated carbocycles. The van der Waals surface area contributed by atoms with Crippen LogP contribution < -0.4 is 0 Å². The molecule has 0 aromatic carbocycles. The highest BCUT2D eigenvalue weighted by Gasteiger charge is 2.19. The Hall–Kier alpha value is 0.0249. The van der Waals surface area contributed by atoms with Crippen molar-refractivity contribution in [2.24, 2.45) is 0 Å². The normalized spacial score (nSPS) is 21.7. The first-order chi connectivity index (χ1) is 5.08. The lowest BCUT2D eigenvalue weighted by molar-refractivity contribution is 0.350. The van der Waals surface area contributed by atoms with E-state index in [0.29, 0.717) is 5.31 Å². The standard InChI is InChI=1S/C9H19BN/c1-9(2,3)10-11-7-5-4-6-8-11/h4-8H2,1-3H3. The Morgan fingerprint density at radius 1 is 1.00 bits per heavy atom. The molecule has 1 nitrogen and oxygen atoms in total. The second-order valence-corrected chi connectivity index (χ2v) is 4.59. The topological polar surface area (TPSA) is 3.24 Å². The van der Waals surface area contributed by atoms with E-state index in [1.165, 1.54) is 32.4 Å². The highest BCUT2D eigenvalue weighted by Crippen LogP contribution is 2.23. The molecule has 1 fully saturated rings. The first kappa shape index (κ1) is 9.12. The predicted molar refractivity (Wildman–Crippen MR) is 50.9 cm³/mol. The van der Waals surface area contributed by atoms with Gasteiger partial charge in [0.2, 0.25) is 7.41 Å². The zero-order valence-electron chi connectivity index (χ0n) is 8.06. The fourth-order valence-electron chi connectivity index (χ4n) is 1.60. The molecule has 2 heteroatoms. The van der Waals surface area contributed by atoms with Crippen LogP contribution in [0.2, 0.25) is 5.31 Å². The number of piperidine rings is 1. The first-order valence-electron chi connectivity index (χ1n) is 4.68. The third-order valence-electron chi connectivity index (χ3n) is 1.96. The lowest BCUT2D eigenvalue weighted by atomic mass is 9.62. The molecule has 63 valence electrons. The van der Waals surface area contributed by atoms with Crippen LogP contribution in [0.15, 0.2) is 0 Å². The van der Waals surface area contributed by atoms with Crippen LogP contribution in [0.1, 0.15) is 40.0 Å². The van der Waals surface area contributed by atoms with Gasteiger partial charge in [0.15, 0.2) is 0 Å². The average molecular weight is 152 g/mol. The molecule has 0 spiro atoms. The van der Waals surface area contributed by atoms with Crippen molar-refractivity contribution in [2.45, 2.75) is 45.3 Å². The molecular formula is C9H19BN. The maximum absolute atomic E-state index is 2.48. The third kappa shape index (κ3) is 3.81. The van der Waals surface area contributed by atoms with E-state index in [2.05, 4.69) is 33.0 Å². The molecule has 0 amide bonds. The molecule has 0 bridgehead atoms. The fraction of sp³-hybridized carbons (Fsp3) is 1.00. The van der Waals surface area contributed by atoms with Crippen molar-refractivity contribution in [3.63, 3.8) is 0 Å². The number of hydrogen-bond acceptors (Lipinski definition) is 1. The SMILES string of the molecule is CC(C)(C)[B]N1CCCCC1. The van der Waals surface area contributed by atoms with E-state index in [4.69, 9.17) is 0 Å². The molecule has 11 heavy (non-hydrogen) atoms. The quantitative estimate of drug-likeness (QED) is 0.521. The van der Waals surface area contributed by atoms with Crippen LogP contribution in [0.25, 0.3) is 0 Å². The smallest absolute Gasteiger partial charge is 0.214 e. The lowest BCUT2D eigenvalue weighted by Gasteiger charge is -2.31. The van der Waals surface area contributed by atoms with Gasteiger partial charge < -0.3 is 4.81 Å². The largest absolute Gasteiger partial charge is 0.346 e. The van der Waals surface area contributed by atoms with Crippen molar-refractivity contribution >= 4 is 7.41 Å². The van der Waals surface area contributed by atoms with Crippen molar-refractivity contribution in [3.8, 4) is 0 Å². The highest BCUT2D eigenvalue weighted by atomic mass is 15.0. The van der Waals surface area contributed by atoms with E-state index in [-0.39, 0.29) is 0 Å². The lowest BCUT2D eigenvalue weighted by Crippen LogP contribution is -2.37. The van der Waals surface area contributed by atoms with Gasteiger partial charge in [0.25, 0.3) is 0 Å². The number of rotatable bonds is 1. The van der Waals surface area contributed by atoms with Crippen LogP contribution in [-0.2, 0) is 0 Å². The van der Waals surface area contributed by atoms with Crippen molar-refractivity contribution in [1.82, 2.24) is 4.81 Å². The van der Waals surface area contributed by atoms with Crippen molar-refractivity contribution in [2.75, 3.05) is 13.1 Å². The molecule has 0 N–H and O–H groups in total. The molecule has 0 aromatic heterocycles. The molecule has 1 saturated heterocycles. The van der Waals surface area contributed by atoms with Gasteiger partial charge >= 0.3 is 0 Å². The predicted octanol–water partition coefficient (Wildman–Crippen LogP) is 2.31. The Kier molecular flexibility index (Phi) is 3.00. The van der Waals surface area contributed by atoms with Gasteiger partial charge in [0, 0.05) is 0 Å². The van der Waals surface area contributed by atoms with Crippen LogP contribution in [0.5, 0.6) is 0 Å². The average Bonchev–Trinajstić information content (AvgIpc) is 1.85. The minimum absolute atomic E-state index is 0.358. The van der Waals surface area contributed by atoms with Crippen LogP contribution >= 0.6 is 0 Å². The van der Waals surface area contributed by atoms with E-state index in [9.17, 15) is 0 Å². The molecule has 1 radical (unpaired) electrons. The van der Waals surface area contributed by atoms with Crippen molar-refractivity contribution in [1.29, 1.82) is 0 Å². The minimum Gasteiger partial charge on any atom is -0.346 e. The monoisotopic (exact) mass is 152 g/mol. The van der Waals surface area contributed by atoms with Gasteiger partial charge in [-0.3, -0.25) is 0 Å². The molecule has 1 aliphatic rings. The van der Waals surface area contributed by atoms with E-state index in [1.54, 1.807) is 0 Å². The second-order valence-electron chi connectivity index (χ2n) is 4.59. The van der Waals surface area contributed by atoms with E-state index >= 15 is 0 Å². The van der Waals surface area contributed by atoms with Crippen LogP contribution in [0.3, 0.4) is 0 Å². The summed E-state index contributed by atoms with van der Waals surface area (Å²) in [4.78, 5) is 2.48. The van der Waals surface area contributed by atoms with E-state index < -0.39 is 0 Å². The molecular weight excluding hydrogens is 133 g/mol. The summed E-state index contributed by atoms with van der Waals surface area (Å²) in [5, 5.41) is 0.358. The zero-order valence-corrected chi connectivity index (χ0v) is 8.06. The molecule has 0 aromatic rings.